The molecular weight excluding hydrogens is 468 g/mol. The van der Waals surface area contributed by atoms with Crippen LogP contribution in [0.2, 0.25) is 0 Å². The van der Waals surface area contributed by atoms with E-state index in [0.29, 0.717) is 25.1 Å². The number of likely N-dealkylation sites (tertiary alicyclic amines) is 1. The molecule has 0 atom stereocenters. The van der Waals surface area contributed by atoms with E-state index in [2.05, 4.69) is 25.8 Å². The van der Waals surface area contributed by atoms with Gasteiger partial charge in [0.2, 0.25) is 5.91 Å². The van der Waals surface area contributed by atoms with Crippen molar-refractivity contribution in [2.45, 2.75) is 45.1 Å². The molecule has 4 rings (SSSR count). The summed E-state index contributed by atoms with van der Waals surface area (Å²) >= 11 is 3.40. The number of hydrogen-bond donors (Lipinski definition) is 1. The molecule has 168 valence electrons. The average Bonchev–Trinajstić information content (AvgIpc) is 2.96. The lowest BCUT2D eigenvalue weighted by molar-refractivity contribution is -0.131. The molecule has 6 nitrogen and oxygen atoms in total. The van der Waals surface area contributed by atoms with E-state index >= 15 is 0 Å². The van der Waals surface area contributed by atoms with Crippen molar-refractivity contribution in [2.24, 2.45) is 0 Å². The SMILES string of the molecule is O=C(NCCCc1nc2ccccc2n1CC(=O)N1CCCCCC1)c1cccc(Br)c1. The van der Waals surface area contributed by atoms with E-state index in [1.54, 1.807) is 6.07 Å². The van der Waals surface area contributed by atoms with Crippen LogP contribution in [0.5, 0.6) is 0 Å². The molecule has 1 N–H and O–H groups in total. The minimum absolute atomic E-state index is 0.0869. The molecule has 1 aliphatic rings. The molecule has 3 aromatic rings. The fourth-order valence-corrected chi connectivity index (χ4v) is 4.63. The number of nitrogens with zero attached hydrogens (tertiary/aromatic N) is 3. The Balaban J connectivity index is 1.40. The van der Waals surface area contributed by atoms with Crippen LogP contribution < -0.4 is 5.32 Å². The van der Waals surface area contributed by atoms with Crippen LogP contribution in [0.4, 0.5) is 0 Å². The first-order valence-corrected chi connectivity index (χ1v) is 12.2. The van der Waals surface area contributed by atoms with Crippen LogP contribution in [0.15, 0.2) is 53.0 Å². The van der Waals surface area contributed by atoms with Crippen LogP contribution in [0.3, 0.4) is 0 Å². The molecule has 0 saturated carbocycles. The van der Waals surface area contributed by atoms with E-state index in [1.807, 2.05) is 47.4 Å². The van der Waals surface area contributed by atoms with Crippen molar-refractivity contribution >= 4 is 38.8 Å². The normalized spacial score (nSPS) is 14.3. The molecule has 0 radical (unpaired) electrons. The van der Waals surface area contributed by atoms with Gasteiger partial charge in [-0.3, -0.25) is 9.59 Å². The average molecular weight is 497 g/mol. The molecule has 0 spiro atoms. The third-order valence-electron chi connectivity index (χ3n) is 5.94. The summed E-state index contributed by atoms with van der Waals surface area (Å²) < 4.78 is 2.94. The zero-order chi connectivity index (χ0) is 22.3. The van der Waals surface area contributed by atoms with E-state index in [1.165, 1.54) is 12.8 Å². The second-order valence-corrected chi connectivity index (χ2v) is 9.18. The molecule has 0 unspecified atom stereocenters. The first-order chi connectivity index (χ1) is 15.6. The largest absolute Gasteiger partial charge is 0.352 e. The lowest BCUT2D eigenvalue weighted by Gasteiger charge is -2.21. The molecule has 1 fully saturated rings. The van der Waals surface area contributed by atoms with Crippen LogP contribution >= 0.6 is 15.9 Å². The molecule has 0 aliphatic carbocycles. The number of benzene rings is 2. The van der Waals surface area contributed by atoms with Gasteiger partial charge in [0.1, 0.15) is 12.4 Å². The number of aromatic nitrogens is 2. The summed E-state index contributed by atoms with van der Waals surface area (Å²) in [5.41, 5.74) is 2.53. The highest BCUT2D eigenvalue weighted by Crippen LogP contribution is 2.19. The Labute approximate surface area is 197 Å². The first-order valence-electron chi connectivity index (χ1n) is 11.4. The van der Waals surface area contributed by atoms with Gasteiger partial charge in [-0.25, -0.2) is 4.98 Å². The van der Waals surface area contributed by atoms with E-state index in [-0.39, 0.29) is 11.8 Å². The van der Waals surface area contributed by atoms with Gasteiger partial charge in [-0.15, -0.1) is 0 Å². The molecule has 2 amide bonds. The van der Waals surface area contributed by atoms with Gasteiger partial charge in [0, 0.05) is 36.1 Å². The molecule has 1 aliphatic heterocycles. The van der Waals surface area contributed by atoms with Gasteiger partial charge in [-0.1, -0.05) is 47.0 Å². The fourth-order valence-electron chi connectivity index (χ4n) is 4.23. The van der Waals surface area contributed by atoms with Gasteiger partial charge >= 0.3 is 0 Å². The Bertz CT molecular complexity index is 1090. The zero-order valence-corrected chi connectivity index (χ0v) is 19.8. The van der Waals surface area contributed by atoms with Crippen molar-refractivity contribution < 1.29 is 9.59 Å². The monoisotopic (exact) mass is 496 g/mol. The minimum atomic E-state index is -0.0869. The Morgan fingerprint density at radius 1 is 1.00 bits per heavy atom. The van der Waals surface area contributed by atoms with Crippen LogP contribution in [0.25, 0.3) is 11.0 Å². The van der Waals surface area contributed by atoms with Gasteiger partial charge in [0.05, 0.1) is 11.0 Å². The van der Waals surface area contributed by atoms with Crippen molar-refractivity contribution in [3.63, 3.8) is 0 Å². The molecule has 1 saturated heterocycles. The number of halogens is 1. The van der Waals surface area contributed by atoms with Crippen molar-refractivity contribution in [3.8, 4) is 0 Å². The first kappa shape index (κ1) is 22.5. The number of nitrogens with one attached hydrogen (secondary N) is 1. The summed E-state index contributed by atoms with van der Waals surface area (Å²) in [5, 5.41) is 2.98. The van der Waals surface area contributed by atoms with Gasteiger partial charge in [-0.05, 0) is 49.6 Å². The van der Waals surface area contributed by atoms with Crippen molar-refractivity contribution in [1.29, 1.82) is 0 Å². The smallest absolute Gasteiger partial charge is 0.251 e. The van der Waals surface area contributed by atoms with E-state index in [9.17, 15) is 9.59 Å². The molecule has 32 heavy (non-hydrogen) atoms. The summed E-state index contributed by atoms with van der Waals surface area (Å²) in [4.78, 5) is 32.2. The highest BCUT2D eigenvalue weighted by atomic mass is 79.9. The number of carbonyl (C=O) groups excluding carboxylic acids is 2. The number of fused-ring (bicyclic) bond motifs is 1. The molecular formula is C25H29BrN4O2. The lowest BCUT2D eigenvalue weighted by atomic mass is 10.2. The molecule has 7 heteroatoms. The Morgan fingerprint density at radius 2 is 1.78 bits per heavy atom. The molecule has 2 heterocycles. The summed E-state index contributed by atoms with van der Waals surface area (Å²) in [6.07, 6.45) is 6.02. The number of amides is 2. The standard InChI is InChI=1S/C25H29BrN4O2/c26-20-10-7-9-19(17-20)25(32)27-14-8-13-23-28-21-11-3-4-12-22(21)30(23)18-24(31)29-15-5-1-2-6-16-29/h3-4,7,9-12,17H,1-2,5-6,8,13-16,18H2,(H,27,32). The number of carbonyl (C=O) groups is 2. The lowest BCUT2D eigenvalue weighted by Crippen LogP contribution is -2.35. The molecule has 0 bridgehead atoms. The number of imidazole rings is 1. The number of rotatable bonds is 7. The number of aryl methyl sites for hydroxylation is 1. The predicted molar refractivity (Wildman–Crippen MR) is 130 cm³/mol. The van der Waals surface area contributed by atoms with Gasteiger partial charge in [0.15, 0.2) is 0 Å². The van der Waals surface area contributed by atoms with Gasteiger partial charge < -0.3 is 14.8 Å². The van der Waals surface area contributed by atoms with Crippen molar-refractivity contribution in [3.05, 3.63) is 64.4 Å². The number of para-hydroxylation sites is 2. The van der Waals surface area contributed by atoms with Crippen LogP contribution in [-0.4, -0.2) is 45.9 Å². The summed E-state index contributed by atoms with van der Waals surface area (Å²) in [6, 6.07) is 15.3. The highest BCUT2D eigenvalue weighted by Gasteiger charge is 2.19. The maximum Gasteiger partial charge on any atom is 0.251 e. The molecule has 2 aromatic carbocycles. The Kier molecular flexibility index (Phi) is 7.58. The maximum atomic E-state index is 13.0. The summed E-state index contributed by atoms with van der Waals surface area (Å²) in [6.45, 7) is 2.57. The highest BCUT2D eigenvalue weighted by molar-refractivity contribution is 9.10. The predicted octanol–water partition coefficient (Wildman–Crippen LogP) is 4.56. The Morgan fingerprint density at radius 3 is 2.56 bits per heavy atom. The van der Waals surface area contributed by atoms with Crippen LogP contribution in [0, 0.1) is 0 Å². The van der Waals surface area contributed by atoms with E-state index in [0.717, 1.165) is 53.7 Å². The molecule has 1 aromatic heterocycles. The quantitative estimate of drug-likeness (QED) is 0.487. The third kappa shape index (κ3) is 5.57. The van der Waals surface area contributed by atoms with Crippen LogP contribution in [0.1, 0.15) is 48.3 Å². The third-order valence-corrected chi connectivity index (χ3v) is 6.43. The Hall–Kier alpha value is -2.67. The number of hydrogen-bond acceptors (Lipinski definition) is 3. The van der Waals surface area contributed by atoms with Crippen molar-refractivity contribution in [2.75, 3.05) is 19.6 Å². The fraction of sp³-hybridized carbons (Fsp3) is 0.400. The van der Waals surface area contributed by atoms with Gasteiger partial charge in [-0.2, -0.15) is 0 Å². The zero-order valence-electron chi connectivity index (χ0n) is 18.2. The van der Waals surface area contributed by atoms with Gasteiger partial charge in [0.25, 0.3) is 5.91 Å². The van der Waals surface area contributed by atoms with Crippen LogP contribution in [-0.2, 0) is 17.8 Å². The van der Waals surface area contributed by atoms with E-state index < -0.39 is 0 Å². The summed E-state index contributed by atoms with van der Waals surface area (Å²) in [7, 11) is 0. The van der Waals surface area contributed by atoms with Crippen molar-refractivity contribution in [1.82, 2.24) is 19.8 Å². The second kappa shape index (κ2) is 10.8. The summed E-state index contributed by atoms with van der Waals surface area (Å²) in [5.74, 6) is 0.974. The minimum Gasteiger partial charge on any atom is -0.352 e. The second-order valence-electron chi connectivity index (χ2n) is 8.27. The van der Waals surface area contributed by atoms with E-state index in [4.69, 9.17) is 4.98 Å². The maximum absolute atomic E-state index is 13.0. The topological polar surface area (TPSA) is 67.2 Å².